The normalized spacial score (nSPS) is 10.3. The van der Waals surface area contributed by atoms with E-state index in [2.05, 4.69) is 24.9 Å². The number of hydrogen-bond donors (Lipinski definition) is 0. The van der Waals surface area contributed by atoms with Crippen LogP contribution in [0.15, 0.2) is 42.1 Å². The lowest BCUT2D eigenvalue weighted by Crippen LogP contribution is -1.90. The molecule has 0 N–H and O–H groups in total. The molecule has 2 rings (SSSR count). The second-order valence-electron chi connectivity index (χ2n) is 4.66. The summed E-state index contributed by atoms with van der Waals surface area (Å²) in [6.45, 7) is 5.39. The van der Waals surface area contributed by atoms with Crippen molar-refractivity contribution in [2.75, 3.05) is 13.7 Å². The van der Waals surface area contributed by atoms with Crippen LogP contribution in [-0.4, -0.2) is 18.7 Å². The Kier molecular flexibility index (Phi) is 5.32. The van der Waals surface area contributed by atoms with Gasteiger partial charge in [-0.3, -0.25) is 0 Å². The molecule has 1 aromatic carbocycles. The van der Waals surface area contributed by atoms with Gasteiger partial charge in [-0.2, -0.15) is 0 Å². The number of benzene rings is 1. The first kappa shape index (κ1) is 14.8. The molecule has 0 saturated heterocycles. The summed E-state index contributed by atoms with van der Waals surface area (Å²) in [7, 11) is 1.67. The van der Waals surface area contributed by atoms with Crippen LogP contribution in [0.4, 0.5) is 0 Å². The number of rotatable bonds is 6. The number of aromatic nitrogens is 1. The van der Waals surface area contributed by atoms with Crippen molar-refractivity contribution in [2.24, 2.45) is 0 Å². The van der Waals surface area contributed by atoms with Crippen LogP contribution in [0.25, 0.3) is 10.6 Å². The molecule has 0 aliphatic heterocycles. The van der Waals surface area contributed by atoms with Gasteiger partial charge in [0.1, 0.15) is 10.8 Å². The van der Waals surface area contributed by atoms with Gasteiger partial charge in [0.2, 0.25) is 0 Å². The highest BCUT2D eigenvalue weighted by molar-refractivity contribution is 7.15. The molecule has 0 spiro atoms. The average Bonchev–Trinajstić information content (AvgIpc) is 2.92. The summed E-state index contributed by atoms with van der Waals surface area (Å²) in [5.74, 6) is 0.857. The predicted octanol–water partition coefficient (Wildman–Crippen LogP) is 4.30. The Morgan fingerprint density at radius 1 is 1.25 bits per heavy atom. The molecule has 4 heteroatoms. The van der Waals surface area contributed by atoms with Crippen LogP contribution in [0.1, 0.15) is 18.7 Å². The molecule has 0 aliphatic carbocycles. The van der Waals surface area contributed by atoms with E-state index < -0.39 is 0 Å². The Labute approximate surface area is 123 Å². The van der Waals surface area contributed by atoms with Crippen LogP contribution in [-0.2, 0) is 11.3 Å². The number of thiazole rings is 1. The molecule has 106 valence electrons. The highest BCUT2D eigenvalue weighted by atomic mass is 32.1. The Balaban J connectivity index is 1.95. The molecule has 1 heterocycles. The summed E-state index contributed by atoms with van der Waals surface area (Å²) in [5.41, 5.74) is 2.37. The standard InChI is InChI=1S/C16H19NO2S/c1-12(2)8-9-19-11-15-10-17-16(20-15)13-4-6-14(18-3)7-5-13/h4-8,10H,9,11H2,1-3H3. The molecular weight excluding hydrogens is 270 g/mol. The Bertz CT molecular complexity index is 568. The summed E-state index contributed by atoms with van der Waals surface area (Å²) in [6.07, 6.45) is 3.96. The predicted molar refractivity (Wildman–Crippen MR) is 83.2 cm³/mol. The van der Waals surface area contributed by atoms with E-state index in [1.165, 1.54) is 5.57 Å². The summed E-state index contributed by atoms with van der Waals surface area (Å²) >= 11 is 1.66. The molecule has 2 aromatic rings. The van der Waals surface area contributed by atoms with Crippen LogP contribution in [0.3, 0.4) is 0 Å². The minimum absolute atomic E-state index is 0.609. The quantitative estimate of drug-likeness (QED) is 0.587. The van der Waals surface area contributed by atoms with E-state index in [9.17, 15) is 0 Å². The van der Waals surface area contributed by atoms with Gasteiger partial charge in [0.05, 0.1) is 25.2 Å². The third-order valence-corrected chi connectivity index (χ3v) is 3.76. The van der Waals surface area contributed by atoms with Crippen molar-refractivity contribution in [3.63, 3.8) is 0 Å². The first-order valence-corrected chi connectivity index (χ1v) is 7.31. The SMILES string of the molecule is COc1ccc(-c2ncc(COCC=C(C)C)s2)cc1. The third-order valence-electron chi connectivity index (χ3n) is 2.74. The first-order chi connectivity index (χ1) is 9.69. The summed E-state index contributed by atoms with van der Waals surface area (Å²) in [6, 6.07) is 7.93. The van der Waals surface area contributed by atoms with E-state index in [0.29, 0.717) is 13.2 Å². The van der Waals surface area contributed by atoms with Gasteiger partial charge in [-0.05, 0) is 38.1 Å². The van der Waals surface area contributed by atoms with E-state index in [0.717, 1.165) is 21.2 Å². The van der Waals surface area contributed by atoms with Gasteiger partial charge in [-0.1, -0.05) is 11.6 Å². The minimum atomic E-state index is 0.609. The van der Waals surface area contributed by atoms with E-state index in [1.54, 1.807) is 18.4 Å². The number of allylic oxidation sites excluding steroid dienone is 1. The number of ether oxygens (including phenoxy) is 2. The molecule has 0 unspecified atom stereocenters. The molecule has 0 aliphatic rings. The molecule has 0 atom stereocenters. The Morgan fingerprint density at radius 3 is 2.65 bits per heavy atom. The molecular formula is C16H19NO2S. The van der Waals surface area contributed by atoms with E-state index in [-0.39, 0.29) is 0 Å². The van der Waals surface area contributed by atoms with Gasteiger partial charge in [0.15, 0.2) is 0 Å². The van der Waals surface area contributed by atoms with Crippen molar-refractivity contribution in [2.45, 2.75) is 20.5 Å². The monoisotopic (exact) mass is 289 g/mol. The van der Waals surface area contributed by atoms with Gasteiger partial charge < -0.3 is 9.47 Å². The van der Waals surface area contributed by atoms with Crippen LogP contribution in [0, 0.1) is 0 Å². The van der Waals surface area contributed by atoms with Gasteiger partial charge in [0.25, 0.3) is 0 Å². The molecule has 0 saturated carbocycles. The number of methoxy groups -OCH3 is 1. The van der Waals surface area contributed by atoms with Gasteiger partial charge >= 0.3 is 0 Å². The van der Waals surface area contributed by atoms with Gasteiger partial charge in [0, 0.05) is 11.8 Å². The molecule has 0 fully saturated rings. The summed E-state index contributed by atoms with van der Waals surface area (Å²) in [4.78, 5) is 5.58. The average molecular weight is 289 g/mol. The van der Waals surface area contributed by atoms with Gasteiger partial charge in [-0.15, -0.1) is 11.3 Å². The minimum Gasteiger partial charge on any atom is -0.497 e. The highest BCUT2D eigenvalue weighted by Gasteiger charge is 2.05. The fourth-order valence-electron chi connectivity index (χ4n) is 1.63. The lowest BCUT2D eigenvalue weighted by molar-refractivity contribution is 0.150. The van der Waals surface area contributed by atoms with Crippen LogP contribution in [0.5, 0.6) is 5.75 Å². The Morgan fingerprint density at radius 2 is 2.00 bits per heavy atom. The zero-order valence-corrected chi connectivity index (χ0v) is 12.9. The molecule has 0 bridgehead atoms. The summed E-state index contributed by atoms with van der Waals surface area (Å²) < 4.78 is 10.7. The largest absolute Gasteiger partial charge is 0.497 e. The molecule has 0 radical (unpaired) electrons. The van der Waals surface area contributed by atoms with Crippen molar-refractivity contribution < 1.29 is 9.47 Å². The topological polar surface area (TPSA) is 31.4 Å². The van der Waals surface area contributed by atoms with Crippen LogP contribution >= 0.6 is 11.3 Å². The molecule has 0 amide bonds. The second-order valence-corrected chi connectivity index (χ2v) is 5.77. The first-order valence-electron chi connectivity index (χ1n) is 6.49. The lowest BCUT2D eigenvalue weighted by Gasteiger charge is -2.00. The van der Waals surface area contributed by atoms with Crippen LogP contribution in [0.2, 0.25) is 0 Å². The van der Waals surface area contributed by atoms with Crippen molar-refractivity contribution in [1.82, 2.24) is 4.98 Å². The second kappa shape index (κ2) is 7.22. The molecule has 20 heavy (non-hydrogen) atoms. The fourth-order valence-corrected chi connectivity index (χ4v) is 2.48. The van der Waals surface area contributed by atoms with Crippen molar-refractivity contribution in [3.05, 3.63) is 47.0 Å². The zero-order chi connectivity index (χ0) is 14.4. The maximum atomic E-state index is 5.59. The van der Waals surface area contributed by atoms with Crippen molar-refractivity contribution in [1.29, 1.82) is 0 Å². The maximum Gasteiger partial charge on any atom is 0.123 e. The summed E-state index contributed by atoms with van der Waals surface area (Å²) in [5, 5.41) is 1.01. The van der Waals surface area contributed by atoms with Gasteiger partial charge in [-0.25, -0.2) is 4.98 Å². The van der Waals surface area contributed by atoms with E-state index in [1.807, 2.05) is 30.5 Å². The highest BCUT2D eigenvalue weighted by Crippen LogP contribution is 2.27. The lowest BCUT2D eigenvalue weighted by atomic mass is 10.2. The third kappa shape index (κ3) is 4.18. The molecule has 1 aromatic heterocycles. The molecule has 3 nitrogen and oxygen atoms in total. The number of nitrogens with zero attached hydrogens (tertiary/aromatic N) is 1. The maximum absolute atomic E-state index is 5.59. The smallest absolute Gasteiger partial charge is 0.123 e. The van der Waals surface area contributed by atoms with E-state index in [4.69, 9.17) is 9.47 Å². The Hall–Kier alpha value is -1.65. The van der Waals surface area contributed by atoms with E-state index >= 15 is 0 Å². The number of hydrogen-bond acceptors (Lipinski definition) is 4. The fraction of sp³-hybridized carbons (Fsp3) is 0.312. The van der Waals surface area contributed by atoms with Crippen molar-refractivity contribution in [3.8, 4) is 16.3 Å². The van der Waals surface area contributed by atoms with Crippen molar-refractivity contribution >= 4 is 11.3 Å². The zero-order valence-electron chi connectivity index (χ0n) is 12.1. The van der Waals surface area contributed by atoms with Crippen LogP contribution < -0.4 is 4.74 Å².